The van der Waals surface area contributed by atoms with Gasteiger partial charge in [0.05, 0.1) is 0 Å². The van der Waals surface area contributed by atoms with Gasteiger partial charge in [0, 0.05) is 0 Å². The molecule has 0 aliphatic rings. The molecule has 0 bridgehead atoms. The van der Waals surface area contributed by atoms with Crippen LogP contribution in [0.4, 0.5) is 0 Å². The molecule has 0 unspecified atom stereocenters. The fourth-order valence-electron chi connectivity index (χ4n) is 7.50. The predicted molar refractivity (Wildman–Crippen MR) is 366 cm³/mol. The van der Waals surface area contributed by atoms with E-state index in [9.17, 15) is 28.8 Å². The Bertz CT molecular complexity index is 3340. The molecule has 6 amide bonds. The second-order valence-electron chi connectivity index (χ2n) is 18.6. The summed E-state index contributed by atoms with van der Waals surface area (Å²) in [4.78, 5) is 78.9. The average Bonchev–Trinajstić information content (AvgIpc) is 0.834. The molecule has 21 heteroatoms. The average molecular weight is 1570 g/mol. The summed E-state index contributed by atoms with van der Waals surface area (Å²) in [6.45, 7) is 21.9. The van der Waals surface area contributed by atoms with Gasteiger partial charge < -0.3 is 0 Å². The summed E-state index contributed by atoms with van der Waals surface area (Å²) in [5.74, 6) is -0.141. The van der Waals surface area contributed by atoms with Gasteiger partial charge in [-0.2, -0.15) is 0 Å². The number of hydrogen-bond acceptors (Lipinski definition) is 12. The van der Waals surface area contributed by atoms with Crippen molar-refractivity contribution in [2.75, 3.05) is 0 Å². The molecule has 0 aliphatic carbocycles. The van der Waals surface area contributed by atoms with Crippen molar-refractivity contribution in [1.29, 1.82) is 0 Å². The van der Waals surface area contributed by atoms with Gasteiger partial charge in [0.25, 0.3) is 0 Å². The molecular formula is C72H63N6O12Sb3. The summed E-state index contributed by atoms with van der Waals surface area (Å²) >= 11 is -12.2. The Morgan fingerprint density at radius 1 is 0.247 bits per heavy atom. The Balaban J connectivity index is 1.44. The number of amides is 6. The molecule has 0 atom stereocenters. The first-order valence-electron chi connectivity index (χ1n) is 28.1. The Labute approximate surface area is 564 Å². The predicted octanol–water partition coefficient (Wildman–Crippen LogP) is 9.82. The van der Waals surface area contributed by atoms with E-state index in [0.29, 0.717) is 78.4 Å². The van der Waals surface area contributed by atoms with Crippen molar-refractivity contribution in [1.82, 2.24) is 31.9 Å². The van der Waals surface area contributed by atoms with E-state index in [1.165, 1.54) is 73.7 Å². The Hall–Kier alpha value is -10.5. The molecule has 6 N–H and O–H groups in total. The first-order chi connectivity index (χ1) is 45.3. The molecule has 7 aromatic carbocycles. The van der Waals surface area contributed by atoms with Gasteiger partial charge in [0.1, 0.15) is 0 Å². The molecule has 0 spiro atoms. The van der Waals surface area contributed by atoms with Crippen LogP contribution in [0.1, 0.15) is 62.1 Å². The number of benzene rings is 7. The topological polar surface area (TPSA) is 230 Å². The molecule has 7 rings (SSSR count). The minimum absolute atomic E-state index is 0.338. The maximum absolute atomic E-state index is 13.2. The van der Waals surface area contributed by atoms with Crippen molar-refractivity contribution >= 4 is 109 Å². The van der Waals surface area contributed by atoms with E-state index in [0.717, 1.165) is 0 Å². The van der Waals surface area contributed by atoms with Crippen LogP contribution in [-0.2, 0) is 0 Å². The van der Waals surface area contributed by atoms with Crippen LogP contribution in [0.3, 0.4) is 0 Å². The molecule has 0 radical (unpaired) electrons. The number of rotatable bonds is 33. The summed E-state index contributed by atoms with van der Waals surface area (Å²) in [5, 5.41) is 16.2. The quantitative estimate of drug-likeness (QED) is 0.0167. The van der Waals surface area contributed by atoms with E-state index in [1.54, 1.807) is 182 Å². The summed E-state index contributed by atoms with van der Waals surface area (Å²) in [7, 11) is 0. The van der Waals surface area contributed by atoms with Crippen molar-refractivity contribution in [3.8, 4) is 34.5 Å². The Morgan fingerprint density at radius 2 is 0.387 bits per heavy atom. The second-order valence-corrected chi connectivity index (χ2v) is 30.5. The number of nitrogens with one attached hydrogen (secondary N) is 6. The third-order valence-corrected chi connectivity index (χ3v) is 24.3. The SMILES string of the molecule is C=CC=CNC(=O)c1ccc([O][Sb]([O]c2ccc(C(=O)NC=CC=C)cc2)[c]2c[c]([Sb]([O]c3ccc(C(=O)NC=CC=C)cc3)[O]c3ccc(C(=O)NC=CC=C)cc3)c[c]([Sb]([O]c3ccc(C(=O)NC=CC=C)cc3)[O]c3ccc(C(=O)NC=CC=C)cc3)c2)cc1. The first-order valence-corrected chi connectivity index (χ1v) is 38.1. The molecule has 0 heterocycles. The molecular weight excluding hydrogens is 1510 g/mol. The number of carbonyl (C=O) groups excluding carboxylic acids is 6. The van der Waals surface area contributed by atoms with Crippen LogP contribution in [0, 0.1) is 0 Å². The fourth-order valence-corrected chi connectivity index (χ4v) is 21.9. The van der Waals surface area contributed by atoms with Crippen LogP contribution < -0.4 is 60.5 Å². The van der Waals surface area contributed by atoms with Crippen molar-refractivity contribution in [2.45, 2.75) is 0 Å². The monoisotopic (exact) mass is 1570 g/mol. The zero-order valence-electron chi connectivity index (χ0n) is 50.0. The third kappa shape index (κ3) is 22.4. The zero-order valence-corrected chi connectivity index (χ0v) is 57.6. The number of hydrogen-bond donors (Lipinski definition) is 6. The van der Waals surface area contributed by atoms with Gasteiger partial charge in [-0.05, 0) is 0 Å². The van der Waals surface area contributed by atoms with E-state index < -0.39 is 63.2 Å². The molecule has 7 aromatic rings. The summed E-state index contributed by atoms with van der Waals surface area (Å²) < 4.78 is 43.6. The third-order valence-electron chi connectivity index (χ3n) is 12.0. The summed E-state index contributed by atoms with van der Waals surface area (Å²) in [5.41, 5.74) is 2.03. The Morgan fingerprint density at radius 3 is 0.516 bits per heavy atom. The Kier molecular flexibility index (Phi) is 28.3. The summed E-state index contributed by atoms with van der Waals surface area (Å²) in [6, 6.07) is 44.8. The first kappa shape index (κ1) is 70.0. The van der Waals surface area contributed by atoms with Crippen LogP contribution in [0.25, 0.3) is 0 Å². The van der Waals surface area contributed by atoms with E-state index >= 15 is 0 Å². The van der Waals surface area contributed by atoms with E-state index in [4.69, 9.17) is 18.1 Å². The normalized spacial score (nSPS) is 11.1. The van der Waals surface area contributed by atoms with E-state index in [-0.39, 0.29) is 35.4 Å². The number of carbonyl (C=O) groups is 6. The van der Waals surface area contributed by atoms with Crippen molar-refractivity contribution < 1.29 is 46.9 Å². The summed E-state index contributed by atoms with van der Waals surface area (Å²) in [6.07, 6.45) is 27.6. The molecule has 0 saturated heterocycles. The van der Waals surface area contributed by atoms with Crippen molar-refractivity contribution in [3.05, 3.63) is 347 Å². The van der Waals surface area contributed by atoms with Gasteiger partial charge in [-0.1, -0.05) is 0 Å². The fraction of sp³-hybridized carbons (Fsp3) is 0. The van der Waals surface area contributed by atoms with Crippen molar-refractivity contribution in [3.63, 3.8) is 0 Å². The molecule has 0 aromatic heterocycles. The second kappa shape index (κ2) is 37.6. The molecule has 468 valence electrons. The molecule has 0 saturated carbocycles. The van der Waals surface area contributed by atoms with Gasteiger partial charge in [-0.15, -0.1) is 0 Å². The van der Waals surface area contributed by atoms with Gasteiger partial charge in [-0.25, -0.2) is 0 Å². The standard InChI is InChI=1S/6C11H11NO2.C6H3.3Sb/c6*1-2-3-8-12-11(14)9-4-6-10(13)7-5-9;1-2-4-6-5-3-1;;;/h6*2-8,13H,1H2,(H,12,14);1,4-5H;;;/q;;;;;;;3*+2/p-6. The molecule has 0 aliphatic heterocycles. The maximum atomic E-state index is 13.2. The van der Waals surface area contributed by atoms with Gasteiger partial charge in [0.2, 0.25) is 0 Å². The van der Waals surface area contributed by atoms with E-state index in [1.807, 2.05) is 18.2 Å². The molecule has 0 fully saturated rings. The van der Waals surface area contributed by atoms with Gasteiger partial charge >= 0.3 is 569 Å². The van der Waals surface area contributed by atoms with Gasteiger partial charge in [-0.3, -0.25) is 0 Å². The zero-order chi connectivity index (χ0) is 66.2. The van der Waals surface area contributed by atoms with Gasteiger partial charge in [0.15, 0.2) is 0 Å². The van der Waals surface area contributed by atoms with Crippen molar-refractivity contribution in [2.24, 2.45) is 0 Å². The molecule has 18 nitrogen and oxygen atoms in total. The van der Waals surface area contributed by atoms with E-state index in [2.05, 4.69) is 71.4 Å². The van der Waals surface area contributed by atoms with Crippen LogP contribution >= 0.6 is 0 Å². The van der Waals surface area contributed by atoms with Crippen LogP contribution in [0.2, 0.25) is 0 Å². The van der Waals surface area contributed by atoms with Crippen LogP contribution in [0.15, 0.2) is 313 Å². The van der Waals surface area contributed by atoms with Crippen LogP contribution in [0.5, 0.6) is 34.5 Å². The van der Waals surface area contributed by atoms with Crippen LogP contribution in [-0.4, -0.2) is 98.6 Å². The molecule has 93 heavy (non-hydrogen) atoms. The number of allylic oxidation sites excluding steroid dienone is 12. The minimum atomic E-state index is -4.06.